The summed E-state index contributed by atoms with van der Waals surface area (Å²) in [5.41, 5.74) is 0.849. The lowest BCUT2D eigenvalue weighted by Gasteiger charge is -2.32. The van der Waals surface area contributed by atoms with Gasteiger partial charge in [-0.1, -0.05) is 19.0 Å². The monoisotopic (exact) mass is 353 g/mol. The number of rotatable bonds is 4. The number of aryl methyl sites for hydroxylation is 1. The van der Waals surface area contributed by atoms with Gasteiger partial charge in [0, 0.05) is 38.2 Å². The van der Waals surface area contributed by atoms with Crippen LogP contribution in [0.4, 0.5) is 5.82 Å². The molecule has 0 N–H and O–H groups in total. The maximum absolute atomic E-state index is 5.33. The van der Waals surface area contributed by atoms with Crippen LogP contribution in [0.2, 0.25) is 0 Å². The van der Waals surface area contributed by atoms with E-state index in [1.807, 2.05) is 43.8 Å². The predicted octanol–water partition coefficient (Wildman–Crippen LogP) is 2.77. The fourth-order valence-electron chi connectivity index (χ4n) is 3.31. The van der Waals surface area contributed by atoms with Gasteiger partial charge >= 0.3 is 0 Å². The van der Waals surface area contributed by atoms with Crippen molar-refractivity contribution in [2.75, 3.05) is 18.0 Å². The molecular weight excluding hydrogens is 330 g/mol. The standard InChI is InChI=1S/C18H23N7O/c1-12(2)16-21-18(26-23-16)14-4-5-15(19-10-14)25-8-6-13(7-9-25)17-22-20-11-24(17)3/h4-5,10-13H,6-9H2,1-3H3. The molecule has 0 bridgehead atoms. The van der Waals surface area contributed by atoms with Gasteiger partial charge in [0.05, 0.1) is 5.56 Å². The van der Waals surface area contributed by atoms with Crippen molar-refractivity contribution in [3.63, 3.8) is 0 Å². The molecule has 1 fully saturated rings. The molecule has 0 unspecified atom stereocenters. The highest BCUT2D eigenvalue weighted by molar-refractivity contribution is 5.54. The summed E-state index contributed by atoms with van der Waals surface area (Å²) in [4.78, 5) is 11.3. The van der Waals surface area contributed by atoms with Gasteiger partial charge in [0.25, 0.3) is 5.89 Å². The third-order valence-corrected chi connectivity index (χ3v) is 4.88. The van der Waals surface area contributed by atoms with Crippen LogP contribution in [0, 0.1) is 0 Å². The number of hydrogen-bond acceptors (Lipinski definition) is 7. The summed E-state index contributed by atoms with van der Waals surface area (Å²) in [5, 5.41) is 12.3. The maximum atomic E-state index is 5.33. The van der Waals surface area contributed by atoms with Gasteiger partial charge in [-0.15, -0.1) is 10.2 Å². The molecule has 1 aliphatic heterocycles. The topological polar surface area (TPSA) is 85.8 Å². The predicted molar refractivity (Wildman–Crippen MR) is 96.8 cm³/mol. The van der Waals surface area contributed by atoms with Crippen molar-refractivity contribution in [2.45, 2.75) is 38.5 Å². The van der Waals surface area contributed by atoms with E-state index in [0.717, 1.165) is 49.0 Å². The molecule has 0 spiro atoms. The minimum absolute atomic E-state index is 0.245. The first-order chi connectivity index (χ1) is 12.6. The van der Waals surface area contributed by atoms with Crippen molar-refractivity contribution in [3.05, 3.63) is 36.3 Å². The zero-order valence-electron chi connectivity index (χ0n) is 15.3. The average Bonchev–Trinajstić information content (AvgIpc) is 3.31. The van der Waals surface area contributed by atoms with Crippen molar-refractivity contribution in [3.8, 4) is 11.5 Å². The third-order valence-electron chi connectivity index (χ3n) is 4.88. The van der Waals surface area contributed by atoms with E-state index in [1.165, 1.54) is 0 Å². The van der Waals surface area contributed by atoms with E-state index < -0.39 is 0 Å². The van der Waals surface area contributed by atoms with Crippen LogP contribution in [-0.4, -0.2) is 43.0 Å². The number of nitrogens with zero attached hydrogens (tertiary/aromatic N) is 7. The second-order valence-electron chi connectivity index (χ2n) is 7.08. The third kappa shape index (κ3) is 3.18. The highest BCUT2D eigenvalue weighted by Crippen LogP contribution is 2.29. The molecular formula is C18H23N7O. The van der Waals surface area contributed by atoms with Crippen molar-refractivity contribution in [1.82, 2.24) is 29.9 Å². The van der Waals surface area contributed by atoms with E-state index in [9.17, 15) is 0 Å². The molecule has 26 heavy (non-hydrogen) atoms. The summed E-state index contributed by atoms with van der Waals surface area (Å²) in [6, 6.07) is 4.02. The Bertz CT molecular complexity index is 860. The SMILES string of the molecule is CC(C)c1noc(-c2ccc(N3CCC(c4nncn4C)CC3)nc2)n1. The van der Waals surface area contributed by atoms with E-state index >= 15 is 0 Å². The Kier molecular flexibility index (Phi) is 4.40. The zero-order chi connectivity index (χ0) is 18.1. The van der Waals surface area contributed by atoms with Gasteiger partial charge in [-0.05, 0) is 25.0 Å². The number of aromatic nitrogens is 6. The molecule has 8 nitrogen and oxygen atoms in total. The molecule has 0 saturated carbocycles. The second-order valence-corrected chi connectivity index (χ2v) is 7.08. The lowest BCUT2D eigenvalue weighted by Crippen LogP contribution is -2.34. The summed E-state index contributed by atoms with van der Waals surface area (Å²) in [5.74, 6) is 4.00. The van der Waals surface area contributed by atoms with Gasteiger partial charge in [0.15, 0.2) is 5.82 Å². The lowest BCUT2D eigenvalue weighted by atomic mass is 9.96. The van der Waals surface area contributed by atoms with Gasteiger partial charge in [-0.2, -0.15) is 4.98 Å². The smallest absolute Gasteiger partial charge is 0.259 e. The van der Waals surface area contributed by atoms with Crippen molar-refractivity contribution >= 4 is 5.82 Å². The molecule has 136 valence electrons. The minimum atomic E-state index is 0.245. The molecule has 0 atom stereocenters. The number of anilines is 1. The van der Waals surface area contributed by atoms with Gasteiger partial charge in [-0.3, -0.25) is 0 Å². The van der Waals surface area contributed by atoms with Gasteiger partial charge in [0.2, 0.25) is 0 Å². The van der Waals surface area contributed by atoms with Crippen molar-refractivity contribution in [1.29, 1.82) is 0 Å². The summed E-state index contributed by atoms with van der Waals surface area (Å²) in [7, 11) is 2.00. The van der Waals surface area contributed by atoms with Gasteiger partial charge in [-0.25, -0.2) is 4.98 Å². The average molecular weight is 353 g/mol. The van der Waals surface area contributed by atoms with E-state index in [0.29, 0.717) is 11.8 Å². The molecule has 3 aromatic rings. The molecule has 0 aromatic carbocycles. The molecule has 8 heteroatoms. The molecule has 1 aliphatic rings. The van der Waals surface area contributed by atoms with Crippen molar-refractivity contribution < 1.29 is 4.52 Å². The first-order valence-electron chi connectivity index (χ1n) is 9.00. The van der Waals surface area contributed by atoms with Crippen LogP contribution in [0.15, 0.2) is 29.2 Å². The fraction of sp³-hybridized carbons (Fsp3) is 0.500. The number of hydrogen-bond donors (Lipinski definition) is 0. The molecule has 0 amide bonds. The lowest BCUT2D eigenvalue weighted by molar-refractivity contribution is 0.419. The first kappa shape index (κ1) is 16.7. The quantitative estimate of drug-likeness (QED) is 0.713. The normalized spacial score (nSPS) is 15.8. The Morgan fingerprint density at radius 3 is 2.58 bits per heavy atom. The molecule has 3 aromatic heterocycles. The molecule has 0 aliphatic carbocycles. The van der Waals surface area contributed by atoms with Crippen LogP contribution in [-0.2, 0) is 7.05 Å². The second kappa shape index (κ2) is 6.86. The van der Waals surface area contributed by atoms with E-state index in [-0.39, 0.29) is 5.92 Å². The molecule has 0 radical (unpaired) electrons. The van der Waals surface area contributed by atoms with Crippen LogP contribution in [0.25, 0.3) is 11.5 Å². The van der Waals surface area contributed by atoms with Crippen LogP contribution in [0.5, 0.6) is 0 Å². The van der Waals surface area contributed by atoms with E-state index in [1.54, 1.807) is 6.33 Å². The Balaban J connectivity index is 1.42. The summed E-state index contributed by atoms with van der Waals surface area (Å²) < 4.78 is 7.35. The Morgan fingerprint density at radius 2 is 2.00 bits per heavy atom. The Morgan fingerprint density at radius 1 is 1.19 bits per heavy atom. The Labute approximate surface area is 152 Å². The summed E-state index contributed by atoms with van der Waals surface area (Å²) in [6.45, 7) is 6.01. The van der Waals surface area contributed by atoms with Crippen LogP contribution >= 0.6 is 0 Å². The number of pyridine rings is 1. The van der Waals surface area contributed by atoms with E-state index in [2.05, 4.69) is 30.2 Å². The van der Waals surface area contributed by atoms with Crippen molar-refractivity contribution in [2.24, 2.45) is 7.05 Å². The maximum Gasteiger partial charge on any atom is 0.259 e. The number of piperidine rings is 1. The van der Waals surface area contributed by atoms with Crippen LogP contribution in [0.1, 0.15) is 50.2 Å². The largest absolute Gasteiger partial charge is 0.357 e. The van der Waals surface area contributed by atoms with Gasteiger partial charge < -0.3 is 14.0 Å². The Hall–Kier alpha value is -2.77. The molecule has 4 heterocycles. The van der Waals surface area contributed by atoms with Crippen LogP contribution < -0.4 is 4.90 Å². The fourth-order valence-corrected chi connectivity index (χ4v) is 3.31. The molecule has 1 saturated heterocycles. The zero-order valence-corrected chi connectivity index (χ0v) is 15.3. The highest BCUT2D eigenvalue weighted by atomic mass is 16.5. The first-order valence-corrected chi connectivity index (χ1v) is 9.00. The minimum Gasteiger partial charge on any atom is -0.357 e. The van der Waals surface area contributed by atoms with E-state index in [4.69, 9.17) is 4.52 Å². The highest BCUT2D eigenvalue weighted by Gasteiger charge is 2.24. The summed E-state index contributed by atoms with van der Waals surface area (Å²) in [6.07, 6.45) is 5.68. The molecule has 4 rings (SSSR count). The summed E-state index contributed by atoms with van der Waals surface area (Å²) >= 11 is 0. The van der Waals surface area contributed by atoms with Crippen LogP contribution in [0.3, 0.4) is 0 Å². The van der Waals surface area contributed by atoms with Gasteiger partial charge in [0.1, 0.15) is 18.0 Å².